The molecule has 0 radical (unpaired) electrons. The fourth-order valence-corrected chi connectivity index (χ4v) is 3.80. The van der Waals surface area contributed by atoms with Crippen LogP contribution in [0.2, 0.25) is 0 Å². The molecule has 2 nitrogen and oxygen atoms in total. The summed E-state index contributed by atoms with van der Waals surface area (Å²) in [5.41, 5.74) is 2.29. The van der Waals surface area contributed by atoms with E-state index in [0.717, 1.165) is 35.0 Å². The van der Waals surface area contributed by atoms with Crippen molar-refractivity contribution in [3.8, 4) is 5.75 Å². The van der Waals surface area contributed by atoms with Crippen molar-refractivity contribution in [1.29, 1.82) is 0 Å². The van der Waals surface area contributed by atoms with Crippen molar-refractivity contribution in [3.63, 3.8) is 0 Å². The van der Waals surface area contributed by atoms with Crippen LogP contribution in [0.1, 0.15) is 34.9 Å². The zero-order valence-electron chi connectivity index (χ0n) is 10.4. The number of thiophene rings is 1. The lowest BCUT2D eigenvalue weighted by Gasteiger charge is -2.21. The molecule has 1 atom stereocenters. The van der Waals surface area contributed by atoms with Crippen molar-refractivity contribution >= 4 is 27.3 Å². The van der Waals surface area contributed by atoms with E-state index in [1.54, 1.807) is 11.3 Å². The molecule has 1 aliphatic carbocycles. The molecular formula is C15H15BrO2S. The van der Waals surface area contributed by atoms with Gasteiger partial charge in [-0.1, -0.05) is 6.07 Å². The molecule has 0 saturated heterocycles. The predicted molar refractivity (Wildman–Crippen MR) is 80.7 cm³/mol. The maximum atomic E-state index is 10.0. The number of ether oxygens (including phenoxy) is 1. The third-order valence-electron chi connectivity index (χ3n) is 3.46. The van der Waals surface area contributed by atoms with E-state index < -0.39 is 0 Å². The van der Waals surface area contributed by atoms with Crippen LogP contribution in [0.15, 0.2) is 34.1 Å². The summed E-state index contributed by atoms with van der Waals surface area (Å²) < 4.78 is 6.91. The van der Waals surface area contributed by atoms with Crippen LogP contribution in [0.5, 0.6) is 5.75 Å². The maximum Gasteiger partial charge on any atom is 0.124 e. The van der Waals surface area contributed by atoms with Gasteiger partial charge < -0.3 is 9.84 Å². The topological polar surface area (TPSA) is 29.5 Å². The van der Waals surface area contributed by atoms with Gasteiger partial charge in [0, 0.05) is 4.47 Å². The number of benzene rings is 1. The van der Waals surface area contributed by atoms with Gasteiger partial charge in [0.05, 0.1) is 11.0 Å². The minimum atomic E-state index is -0.333. The molecule has 19 heavy (non-hydrogen) atoms. The molecule has 3 rings (SSSR count). The number of aryl methyl sites for hydroxylation is 1. The van der Waals surface area contributed by atoms with Gasteiger partial charge in [-0.15, -0.1) is 11.3 Å². The largest absolute Gasteiger partial charge is 0.488 e. The monoisotopic (exact) mass is 338 g/mol. The van der Waals surface area contributed by atoms with Crippen LogP contribution in [0, 0.1) is 0 Å². The molecular weight excluding hydrogens is 324 g/mol. The fourth-order valence-electron chi connectivity index (χ4n) is 2.42. The van der Waals surface area contributed by atoms with Crippen LogP contribution in [0.25, 0.3) is 0 Å². The Kier molecular flexibility index (Phi) is 3.91. The van der Waals surface area contributed by atoms with Gasteiger partial charge in [-0.2, -0.15) is 0 Å². The SMILES string of the molecule is OC1CCCc2ccc(OCc3sccc3Br)cc21. The summed E-state index contributed by atoms with van der Waals surface area (Å²) >= 11 is 5.18. The average Bonchev–Trinajstić information content (AvgIpc) is 2.83. The van der Waals surface area contributed by atoms with Gasteiger partial charge in [0.1, 0.15) is 12.4 Å². The van der Waals surface area contributed by atoms with Crippen LogP contribution in [-0.4, -0.2) is 5.11 Å². The molecule has 2 aromatic rings. The number of rotatable bonds is 3. The molecule has 100 valence electrons. The zero-order valence-corrected chi connectivity index (χ0v) is 12.8. The van der Waals surface area contributed by atoms with Crippen molar-refractivity contribution in [2.45, 2.75) is 32.0 Å². The van der Waals surface area contributed by atoms with Crippen molar-refractivity contribution in [2.24, 2.45) is 0 Å². The Hall–Kier alpha value is -0.840. The van der Waals surface area contributed by atoms with Gasteiger partial charge in [-0.3, -0.25) is 0 Å². The minimum Gasteiger partial charge on any atom is -0.488 e. The number of fused-ring (bicyclic) bond motifs is 1. The summed E-state index contributed by atoms with van der Waals surface area (Å²) in [5, 5.41) is 12.1. The predicted octanol–water partition coefficient (Wildman–Crippen LogP) is 4.46. The summed E-state index contributed by atoms with van der Waals surface area (Å²) in [4.78, 5) is 1.18. The first kappa shape index (κ1) is 13.2. The minimum absolute atomic E-state index is 0.333. The van der Waals surface area contributed by atoms with E-state index in [4.69, 9.17) is 4.74 Å². The number of hydrogen-bond acceptors (Lipinski definition) is 3. The van der Waals surface area contributed by atoms with Gasteiger partial charge >= 0.3 is 0 Å². The first-order chi connectivity index (χ1) is 9.24. The second-order valence-electron chi connectivity index (χ2n) is 4.75. The zero-order chi connectivity index (χ0) is 13.2. The fraction of sp³-hybridized carbons (Fsp3) is 0.333. The second kappa shape index (κ2) is 5.65. The molecule has 0 fully saturated rings. The van der Waals surface area contributed by atoms with Crippen molar-refractivity contribution in [1.82, 2.24) is 0 Å². The Labute approximate surface area is 125 Å². The molecule has 0 amide bonds. The van der Waals surface area contributed by atoms with Gasteiger partial charge in [0.2, 0.25) is 0 Å². The third-order valence-corrected chi connectivity index (χ3v) is 5.36. The third kappa shape index (κ3) is 2.86. The summed E-state index contributed by atoms with van der Waals surface area (Å²) in [6.07, 6.45) is 2.65. The first-order valence-corrected chi connectivity index (χ1v) is 8.07. The van der Waals surface area contributed by atoms with Crippen LogP contribution >= 0.6 is 27.3 Å². The Morgan fingerprint density at radius 1 is 1.37 bits per heavy atom. The molecule has 0 saturated carbocycles. The lowest BCUT2D eigenvalue weighted by Crippen LogP contribution is -2.09. The normalized spacial score (nSPS) is 18.1. The highest BCUT2D eigenvalue weighted by atomic mass is 79.9. The Balaban J connectivity index is 1.75. The Morgan fingerprint density at radius 2 is 2.26 bits per heavy atom. The first-order valence-electron chi connectivity index (χ1n) is 6.39. The van der Waals surface area contributed by atoms with E-state index in [-0.39, 0.29) is 6.10 Å². The standard InChI is InChI=1S/C15H15BrO2S/c16-13-6-7-19-15(13)9-18-11-5-4-10-2-1-3-14(17)12(10)8-11/h4-8,14,17H,1-3,9H2. The highest BCUT2D eigenvalue weighted by Crippen LogP contribution is 2.33. The van der Waals surface area contributed by atoms with E-state index in [1.807, 2.05) is 23.6 Å². The molecule has 1 aromatic carbocycles. The molecule has 0 spiro atoms. The molecule has 1 heterocycles. The summed E-state index contributed by atoms with van der Waals surface area (Å²) in [6.45, 7) is 0.563. The molecule has 1 N–H and O–H groups in total. The molecule has 1 unspecified atom stereocenters. The molecule has 1 aromatic heterocycles. The Morgan fingerprint density at radius 3 is 3.05 bits per heavy atom. The smallest absolute Gasteiger partial charge is 0.124 e. The maximum absolute atomic E-state index is 10.0. The van der Waals surface area contributed by atoms with E-state index in [2.05, 4.69) is 22.0 Å². The summed E-state index contributed by atoms with van der Waals surface area (Å²) in [6, 6.07) is 8.09. The van der Waals surface area contributed by atoms with Crippen molar-refractivity contribution < 1.29 is 9.84 Å². The number of aliphatic hydroxyl groups excluding tert-OH is 1. The quantitative estimate of drug-likeness (QED) is 0.895. The van der Waals surface area contributed by atoms with E-state index in [9.17, 15) is 5.11 Å². The van der Waals surface area contributed by atoms with E-state index in [0.29, 0.717) is 6.61 Å². The van der Waals surface area contributed by atoms with Crippen LogP contribution < -0.4 is 4.74 Å². The molecule has 4 heteroatoms. The second-order valence-corrected chi connectivity index (χ2v) is 6.60. The van der Waals surface area contributed by atoms with Crippen LogP contribution in [-0.2, 0) is 13.0 Å². The lowest BCUT2D eigenvalue weighted by atomic mass is 9.89. The summed E-state index contributed by atoms with van der Waals surface area (Å²) in [5.74, 6) is 0.833. The van der Waals surface area contributed by atoms with Gasteiger partial charge in [-0.25, -0.2) is 0 Å². The van der Waals surface area contributed by atoms with Gasteiger partial charge in [-0.05, 0) is 69.9 Å². The Bertz CT molecular complexity index is 579. The van der Waals surface area contributed by atoms with Crippen LogP contribution in [0.3, 0.4) is 0 Å². The lowest BCUT2D eigenvalue weighted by molar-refractivity contribution is 0.156. The molecule has 1 aliphatic rings. The molecule has 0 aliphatic heterocycles. The van der Waals surface area contributed by atoms with Gasteiger partial charge in [0.25, 0.3) is 0 Å². The number of hydrogen-bond donors (Lipinski definition) is 1. The highest BCUT2D eigenvalue weighted by Gasteiger charge is 2.18. The number of aliphatic hydroxyl groups is 1. The highest BCUT2D eigenvalue weighted by molar-refractivity contribution is 9.10. The number of halogens is 1. The van der Waals surface area contributed by atoms with Gasteiger partial charge in [0.15, 0.2) is 0 Å². The van der Waals surface area contributed by atoms with Crippen LogP contribution in [0.4, 0.5) is 0 Å². The van der Waals surface area contributed by atoms with Crippen molar-refractivity contribution in [2.75, 3.05) is 0 Å². The average molecular weight is 339 g/mol. The van der Waals surface area contributed by atoms with Crippen molar-refractivity contribution in [3.05, 3.63) is 50.1 Å². The van der Waals surface area contributed by atoms with E-state index in [1.165, 1.54) is 10.4 Å². The molecule has 0 bridgehead atoms. The summed E-state index contributed by atoms with van der Waals surface area (Å²) in [7, 11) is 0. The van der Waals surface area contributed by atoms with E-state index >= 15 is 0 Å².